The largest absolute Gasteiger partial charge is 0.353 e. The van der Waals surface area contributed by atoms with Gasteiger partial charge in [0.25, 0.3) is 0 Å². The zero-order valence-electron chi connectivity index (χ0n) is 16.9. The van der Waals surface area contributed by atoms with Crippen LogP contribution < -0.4 is 10.2 Å². The molecule has 4 aromatic rings. The van der Waals surface area contributed by atoms with Gasteiger partial charge in [-0.2, -0.15) is 0 Å². The topological polar surface area (TPSA) is 97.1 Å². The third-order valence-electron chi connectivity index (χ3n) is 5.53. The molecule has 0 atom stereocenters. The maximum Gasteiger partial charge on any atom is 0.353 e. The minimum Gasteiger partial charge on any atom is -0.346 e. The summed E-state index contributed by atoms with van der Waals surface area (Å²) in [6, 6.07) is 17.8. The molecule has 0 saturated carbocycles. The molecule has 1 aliphatic heterocycles. The lowest BCUT2D eigenvalue weighted by Gasteiger charge is -2.29. The number of rotatable bonds is 4. The Labute approximate surface area is 178 Å². The molecule has 154 valence electrons. The summed E-state index contributed by atoms with van der Waals surface area (Å²) in [4.78, 5) is 26.7. The van der Waals surface area contributed by atoms with Crippen molar-refractivity contribution in [2.45, 2.75) is 19.9 Å². The maximum absolute atomic E-state index is 12.1. The lowest BCUT2D eigenvalue weighted by molar-refractivity contribution is -0.383. The SMILES string of the molecule is Cc1ccc2cccc(Nc3ncnc(N4CCc5ccccc5C4)c3[N+](=O)[O-])c2n1. The average Bonchev–Trinajstić information content (AvgIpc) is 2.79. The summed E-state index contributed by atoms with van der Waals surface area (Å²) in [5, 5.41) is 16.2. The lowest BCUT2D eigenvalue weighted by atomic mass is 10.00. The van der Waals surface area contributed by atoms with E-state index in [4.69, 9.17) is 0 Å². The van der Waals surface area contributed by atoms with E-state index in [-0.39, 0.29) is 11.5 Å². The number of pyridine rings is 1. The van der Waals surface area contributed by atoms with Crippen LogP contribution in [0.5, 0.6) is 0 Å². The zero-order chi connectivity index (χ0) is 21.4. The highest BCUT2D eigenvalue weighted by Gasteiger charge is 2.29. The highest BCUT2D eigenvalue weighted by molar-refractivity contribution is 5.93. The summed E-state index contributed by atoms with van der Waals surface area (Å²) in [6.07, 6.45) is 2.18. The van der Waals surface area contributed by atoms with Gasteiger partial charge in [0.1, 0.15) is 6.33 Å². The van der Waals surface area contributed by atoms with Gasteiger partial charge in [0.05, 0.1) is 16.1 Å². The summed E-state index contributed by atoms with van der Waals surface area (Å²) in [5.74, 6) is 0.478. The Kier molecular flexibility index (Phi) is 4.66. The van der Waals surface area contributed by atoms with Crippen molar-refractivity contribution in [2.24, 2.45) is 0 Å². The van der Waals surface area contributed by atoms with Crippen LogP contribution in [0.4, 0.5) is 23.0 Å². The Balaban J connectivity index is 1.56. The van der Waals surface area contributed by atoms with Gasteiger partial charge in [-0.3, -0.25) is 15.1 Å². The third-order valence-corrected chi connectivity index (χ3v) is 5.53. The summed E-state index contributed by atoms with van der Waals surface area (Å²) in [5.41, 5.74) is 4.57. The van der Waals surface area contributed by atoms with Crippen molar-refractivity contribution >= 4 is 33.9 Å². The predicted molar refractivity (Wildman–Crippen MR) is 120 cm³/mol. The van der Waals surface area contributed by atoms with E-state index in [1.54, 1.807) is 0 Å². The first-order valence-corrected chi connectivity index (χ1v) is 10.0. The van der Waals surface area contributed by atoms with Gasteiger partial charge in [0.2, 0.25) is 11.6 Å². The fraction of sp³-hybridized carbons (Fsp3) is 0.174. The first kappa shape index (κ1) is 18.9. The molecule has 1 N–H and O–H groups in total. The van der Waals surface area contributed by atoms with E-state index < -0.39 is 4.92 Å². The number of benzene rings is 2. The van der Waals surface area contributed by atoms with Gasteiger partial charge in [-0.05, 0) is 36.6 Å². The molecule has 0 radical (unpaired) electrons. The molecule has 2 aromatic heterocycles. The van der Waals surface area contributed by atoms with Crippen LogP contribution >= 0.6 is 0 Å². The minimum absolute atomic E-state index is 0.133. The van der Waals surface area contributed by atoms with Gasteiger partial charge in [-0.15, -0.1) is 0 Å². The van der Waals surface area contributed by atoms with Crippen molar-refractivity contribution in [3.05, 3.63) is 87.9 Å². The second kappa shape index (κ2) is 7.64. The highest BCUT2D eigenvalue weighted by Crippen LogP contribution is 2.36. The molecule has 8 nitrogen and oxygen atoms in total. The molecular formula is C23H20N6O2. The third kappa shape index (κ3) is 3.52. The fourth-order valence-corrected chi connectivity index (χ4v) is 4.01. The zero-order valence-corrected chi connectivity index (χ0v) is 16.9. The number of nitrogens with one attached hydrogen (secondary N) is 1. The highest BCUT2D eigenvalue weighted by atomic mass is 16.6. The van der Waals surface area contributed by atoms with E-state index >= 15 is 0 Å². The average molecular weight is 412 g/mol. The van der Waals surface area contributed by atoms with Gasteiger partial charge in [0, 0.05) is 24.2 Å². The molecule has 0 unspecified atom stereocenters. The molecule has 3 heterocycles. The number of fused-ring (bicyclic) bond motifs is 2. The molecule has 1 aliphatic rings. The van der Waals surface area contributed by atoms with Crippen LogP contribution in [0.3, 0.4) is 0 Å². The number of para-hydroxylation sites is 1. The Morgan fingerprint density at radius 2 is 1.87 bits per heavy atom. The van der Waals surface area contributed by atoms with E-state index in [0.29, 0.717) is 24.6 Å². The Hall–Kier alpha value is -4.07. The first-order valence-electron chi connectivity index (χ1n) is 10.0. The quantitative estimate of drug-likeness (QED) is 0.388. The summed E-state index contributed by atoms with van der Waals surface area (Å²) < 4.78 is 0. The second-order valence-electron chi connectivity index (χ2n) is 7.55. The lowest BCUT2D eigenvalue weighted by Crippen LogP contribution is -2.31. The number of aromatic nitrogens is 3. The number of hydrogen-bond donors (Lipinski definition) is 1. The van der Waals surface area contributed by atoms with Crippen LogP contribution in [0.15, 0.2) is 60.9 Å². The predicted octanol–water partition coefficient (Wildman–Crippen LogP) is 4.55. The Morgan fingerprint density at radius 1 is 1.03 bits per heavy atom. The molecule has 2 aromatic carbocycles. The molecule has 5 rings (SSSR count). The van der Waals surface area contributed by atoms with E-state index in [1.807, 2.05) is 54.3 Å². The van der Waals surface area contributed by atoms with Crippen LogP contribution in [-0.2, 0) is 13.0 Å². The Morgan fingerprint density at radius 3 is 2.71 bits per heavy atom. The molecule has 0 fully saturated rings. The number of anilines is 3. The molecule has 0 aliphatic carbocycles. The van der Waals surface area contributed by atoms with Crippen LogP contribution in [0.1, 0.15) is 16.8 Å². The number of aryl methyl sites for hydroxylation is 1. The van der Waals surface area contributed by atoms with Crippen molar-refractivity contribution in [1.29, 1.82) is 0 Å². The van der Waals surface area contributed by atoms with E-state index in [1.165, 1.54) is 11.9 Å². The van der Waals surface area contributed by atoms with Gasteiger partial charge >= 0.3 is 5.69 Å². The number of hydrogen-bond acceptors (Lipinski definition) is 7. The molecule has 8 heteroatoms. The maximum atomic E-state index is 12.1. The van der Waals surface area contributed by atoms with E-state index in [2.05, 4.69) is 32.4 Å². The first-order chi connectivity index (χ1) is 15.1. The van der Waals surface area contributed by atoms with E-state index in [9.17, 15) is 10.1 Å². The standard InChI is InChI=1S/C23H20N6O2/c1-15-9-10-17-7-4-8-19(20(17)26-15)27-22-21(29(30)31)23(25-14-24-22)28-12-11-16-5-2-3-6-18(16)13-28/h2-10,14H,11-13H2,1H3,(H,24,25,27). The molecule has 0 spiro atoms. The van der Waals surface area contributed by atoms with Crippen molar-refractivity contribution in [3.8, 4) is 0 Å². The van der Waals surface area contributed by atoms with E-state index in [0.717, 1.165) is 28.6 Å². The minimum atomic E-state index is -0.415. The second-order valence-corrected chi connectivity index (χ2v) is 7.55. The van der Waals surface area contributed by atoms with Crippen LogP contribution in [0, 0.1) is 17.0 Å². The molecule has 0 amide bonds. The van der Waals surface area contributed by atoms with Gasteiger partial charge in [-0.25, -0.2) is 9.97 Å². The van der Waals surface area contributed by atoms with Crippen molar-refractivity contribution in [2.75, 3.05) is 16.8 Å². The normalized spacial score (nSPS) is 13.1. The number of nitrogens with zero attached hydrogens (tertiary/aromatic N) is 5. The van der Waals surface area contributed by atoms with Crippen molar-refractivity contribution < 1.29 is 4.92 Å². The smallest absolute Gasteiger partial charge is 0.346 e. The van der Waals surface area contributed by atoms with Crippen molar-refractivity contribution in [3.63, 3.8) is 0 Å². The molecule has 0 saturated heterocycles. The van der Waals surface area contributed by atoms with Gasteiger partial charge in [-0.1, -0.05) is 42.5 Å². The van der Waals surface area contributed by atoms with Gasteiger partial charge < -0.3 is 10.2 Å². The van der Waals surface area contributed by atoms with Crippen LogP contribution in [0.25, 0.3) is 10.9 Å². The monoisotopic (exact) mass is 412 g/mol. The summed E-state index contributed by atoms with van der Waals surface area (Å²) in [6.45, 7) is 3.14. The Bertz CT molecular complexity index is 1310. The van der Waals surface area contributed by atoms with Crippen LogP contribution in [0.2, 0.25) is 0 Å². The molecular weight excluding hydrogens is 392 g/mol. The van der Waals surface area contributed by atoms with Crippen LogP contribution in [-0.4, -0.2) is 26.4 Å². The number of nitro groups is 1. The summed E-state index contributed by atoms with van der Waals surface area (Å²) in [7, 11) is 0. The molecule has 0 bridgehead atoms. The summed E-state index contributed by atoms with van der Waals surface area (Å²) >= 11 is 0. The fourth-order valence-electron chi connectivity index (χ4n) is 4.01. The molecule has 31 heavy (non-hydrogen) atoms. The van der Waals surface area contributed by atoms with Crippen molar-refractivity contribution in [1.82, 2.24) is 15.0 Å². The van der Waals surface area contributed by atoms with Gasteiger partial charge in [0.15, 0.2) is 0 Å².